The van der Waals surface area contributed by atoms with Gasteiger partial charge in [0.2, 0.25) is 0 Å². The average Bonchev–Trinajstić information content (AvgIpc) is 3.03. The smallest absolute Gasteiger partial charge is 0.194 e. The molecule has 1 saturated heterocycles. The highest BCUT2D eigenvalue weighted by Crippen LogP contribution is 2.34. The van der Waals surface area contributed by atoms with Gasteiger partial charge in [-0.05, 0) is 56.6 Å². The maximum absolute atomic E-state index is 13.4. The number of hydrogen-bond donors (Lipinski definition) is 2. The van der Waals surface area contributed by atoms with E-state index in [0.717, 1.165) is 43.6 Å². The van der Waals surface area contributed by atoms with Gasteiger partial charge in [0.25, 0.3) is 0 Å². The van der Waals surface area contributed by atoms with Crippen LogP contribution in [-0.2, 0) is 0 Å². The molecule has 2 heterocycles. The fraction of sp³-hybridized carbons (Fsp3) is 0.300. The van der Waals surface area contributed by atoms with Crippen molar-refractivity contribution in [3.8, 4) is 0 Å². The van der Waals surface area contributed by atoms with Gasteiger partial charge in [-0.25, -0.2) is 13.2 Å². The second kappa shape index (κ2) is 6.68. The highest BCUT2D eigenvalue weighted by molar-refractivity contribution is 5.87. The number of aromatic nitrogens is 1. The number of benzene rings is 2. The first kappa shape index (κ1) is 17.0. The number of nitrogens with one attached hydrogen (secondary N) is 2. The molecule has 0 amide bonds. The summed E-state index contributed by atoms with van der Waals surface area (Å²) in [5.41, 5.74) is 3.13. The molecular formula is C20H20F3N3. The van der Waals surface area contributed by atoms with Gasteiger partial charge < -0.3 is 15.2 Å². The van der Waals surface area contributed by atoms with Crippen LogP contribution in [0, 0.1) is 17.5 Å². The van der Waals surface area contributed by atoms with E-state index in [1.54, 1.807) is 0 Å². The Hall–Kier alpha value is -2.47. The molecule has 3 nitrogen and oxygen atoms in total. The predicted molar refractivity (Wildman–Crippen MR) is 97.4 cm³/mol. The van der Waals surface area contributed by atoms with E-state index in [1.807, 2.05) is 18.2 Å². The van der Waals surface area contributed by atoms with Crippen LogP contribution in [0.2, 0.25) is 0 Å². The number of rotatable bonds is 3. The van der Waals surface area contributed by atoms with Gasteiger partial charge in [0.1, 0.15) is 0 Å². The quantitative estimate of drug-likeness (QED) is 0.635. The fourth-order valence-corrected chi connectivity index (χ4v) is 3.68. The van der Waals surface area contributed by atoms with Gasteiger partial charge >= 0.3 is 0 Å². The molecule has 0 bridgehead atoms. The zero-order valence-electron chi connectivity index (χ0n) is 14.5. The Bertz CT molecular complexity index is 920. The number of nitrogens with zero attached hydrogens (tertiary/aromatic N) is 1. The van der Waals surface area contributed by atoms with Crippen molar-refractivity contribution in [1.82, 2.24) is 9.88 Å². The third kappa shape index (κ3) is 3.17. The Morgan fingerprint density at radius 2 is 1.69 bits per heavy atom. The highest BCUT2D eigenvalue weighted by atomic mass is 19.2. The minimum Gasteiger partial charge on any atom is -0.361 e. The van der Waals surface area contributed by atoms with Crippen LogP contribution >= 0.6 is 0 Å². The van der Waals surface area contributed by atoms with E-state index in [0.29, 0.717) is 11.6 Å². The van der Waals surface area contributed by atoms with E-state index in [2.05, 4.69) is 28.4 Å². The van der Waals surface area contributed by atoms with Crippen molar-refractivity contribution in [3.05, 3.63) is 59.5 Å². The fourth-order valence-electron chi connectivity index (χ4n) is 3.68. The summed E-state index contributed by atoms with van der Waals surface area (Å²) in [6.07, 6.45) is 4.33. The van der Waals surface area contributed by atoms with Crippen LogP contribution in [0.25, 0.3) is 10.9 Å². The van der Waals surface area contributed by atoms with Crippen LogP contribution in [0.4, 0.5) is 24.5 Å². The van der Waals surface area contributed by atoms with E-state index < -0.39 is 17.5 Å². The van der Waals surface area contributed by atoms with Gasteiger partial charge in [-0.3, -0.25) is 0 Å². The molecular weight excluding hydrogens is 339 g/mol. The third-order valence-electron chi connectivity index (χ3n) is 5.14. The number of piperidine rings is 1. The zero-order chi connectivity index (χ0) is 18.3. The number of H-pyrrole nitrogens is 1. The highest BCUT2D eigenvalue weighted by Gasteiger charge is 2.21. The van der Waals surface area contributed by atoms with Gasteiger partial charge in [0.05, 0.1) is 0 Å². The molecule has 26 heavy (non-hydrogen) atoms. The van der Waals surface area contributed by atoms with Crippen LogP contribution in [0.1, 0.15) is 24.3 Å². The number of hydrogen-bond acceptors (Lipinski definition) is 2. The van der Waals surface area contributed by atoms with Gasteiger partial charge in [-0.15, -0.1) is 0 Å². The van der Waals surface area contributed by atoms with Crippen molar-refractivity contribution >= 4 is 22.3 Å². The molecule has 1 aliphatic rings. The van der Waals surface area contributed by atoms with Gasteiger partial charge in [-0.1, -0.05) is 6.07 Å². The predicted octanol–water partition coefficient (Wildman–Crippen LogP) is 5.14. The molecule has 0 aliphatic carbocycles. The van der Waals surface area contributed by atoms with Crippen LogP contribution in [0.5, 0.6) is 0 Å². The van der Waals surface area contributed by atoms with Crippen molar-refractivity contribution in [2.45, 2.75) is 18.8 Å². The van der Waals surface area contributed by atoms with Crippen molar-refractivity contribution in [3.63, 3.8) is 0 Å². The summed E-state index contributed by atoms with van der Waals surface area (Å²) in [5, 5.41) is 4.09. The lowest BCUT2D eigenvalue weighted by atomic mass is 9.89. The minimum absolute atomic E-state index is 0.169. The summed E-state index contributed by atoms with van der Waals surface area (Å²) in [6, 6.07) is 7.67. The molecule has 1 aromatic heterocycles. The second-order valence-corrected chi connectivity index (χ2v) is 6.96. The van der Waals surface area contributed by atoms with Crippen LogP contribution in [0.15, 0.2) is 36.5 Å². The molecule has 3 aromatic rings. The Morgan fingerprint density at radius 3 is 2.38 bits per heavy atom. The molecule has 0 radical (unpaired) electrons. The van der Waals surface area contributed by atoms with E-state index in [9.17, 15) is 13.2 Å². The lowest BCUT2D eigenvalue weighted by Crippen LogP contribution is -2.29. The Kier molecular flexibility index (Phi) is 4.36. The Morgan fingerprint density at radius 1 is 1.00 bits per heavy atom. The number of fused-ring (bicyclic) bond motifs is 1. The summed E-state index contributed by atoms with van der Waals surface area (Å²) in [5.74, 6) is -3.34. The van der Waals surface area contributed by atoms with Gasteiger partial charge in [0, 0.05) is 40.6 Å². The Labute approximate surface area is 149 Å². The first-order chi connectivity index (χ1) is 12.5. The molecule has 1 aliphatic heterocycles. The monoisotopic (exact) mass is 359 g/mol. The summed E-state index contributed by atoms with van der Waals surface area (Å²) in [6.45, 7) is 2.19. The number of aromatic amines is 1. The van der Waals surface area contributed by atoms with E-state index in [1.165, 1.54) is 10.9 Å². The van der Waals surface area contributed by atoms with Crippen molar-refractivity contribution < 1.29 is 13.2 Å². The maximum Gasteiger partial charge on any atom is 0.194 e. The van der Waals surface area contributed by atoms with E-state index in [-0.39, 0.29) is 5.69 Å². The molecule has 1 fully saturated rings. The van der Waals surface area contributed by atoms with E-state index in [4.69, 9.17) is 0 Å². The number of likely N-dealkylation sites (tertiary alicyclic amines) is 1. The van der Waals surface area contributed by atoms with Crippen LogP contribution in [-0.4, -0.2) is 30.0 Å². The standard InChI is InChI=1S/C20H20F3N3/c1-26-6-4-12(5-7-26)16-11-24-19-10-13(2-3-15(16)19)25-14-8-17(21)20(23)18(22)9-14/h2-3,8-12,24-25H,4-7H2,1H3. The molecule has 6 heteroatoms. The molecule has 0 spiro atoms. The Balaban J connectivity index is 1.59. The summed E-state index contributed by atoms with van der Waals surface area (Å²) >= 11 is 0. The van der Waals surface area contributed by atoms with Crippen molar-refractivity contribution in [2.24, 2.45) is 0 Å². The van der Waals surface area contributed by atoms with Crippen LogP contribution < -0.4 is 5.32 Å². The van der Waals surface area contributed by atoms with Crippen molar-refractivity contribution in [1.29, 1.82) is 0 Å². The normalized spacial score (nSPS) is 16.3. The number of anilines is 2. The molecule has 0 atom stereocenters. The first-order valence-electron chi connectivity index (χ1n) is 8.72. The zero-order valence-corrected chi connectivity index (χ0v) is 14.5. The van der Waals surface area contributed by atoms with E-state index >= 15 is 0 Å². The molecule has 0 saturated carbocycles. The second-order valence-electron chi connectivity index (χ2n) is 6.96. The third-order valence-corrected chi connectivity index (χ3v) is 5.14. The first-order valence-corrected chi connectivity index (χ1v) is 8.72. The molecule has 0 unspecified atom stereocenters. The largest absolute Gasteiger partial charge is 0.361 e. The maximum atomic E-state index is 13.4. The molecule has 4 rings (SSSR count). The minimum atomic E-state index is -1.46. The SMILES string of the molecule is CN1CCC(c2c[nH]c3cc(Nc4cc(F)c(F)c(F)c4)ccc23)CC1. The lowest BCUT2D eigenvalue weighted by Gasteiger charge is -2.28. The molecule has 2 N–H and O–H groups in total. The average molecular weight is 359 g/mol. The molecule has 136 valence electrons. The summed E-state index contributed by atoms with van der Waals surface area (Å²) in [7, 11) is 2.14. The van der Waals surface area contributed by atoms with Gasteiger partial charge in [0.15, 0.2) is 17.5 Å². The topological polar surface area (TPSA) is 31.1 Å². The van der Waals surface area contributed by atoms with Crippen LogP contribution in [0.3, 0.4) is 0 Å². The van der Waals surface area contributed by atoms with Crippen molar-refractivity contribution in [2.75, 3.05) is 25.5 Å². The molecule has 2 aromatic carbocycles. The lowest BCUT2D eigenvalue weighted by molar-refractivity contribution is 0.256. The number of halogens is 3. The summed E-state index contributed by atoms with van der Waals surface area (Å²) < 4.78 is 39.8. The summed E-state index contributed by atoms with van der Waals surface area (Å²) in [4.78, 5) is 5.63. The van der Waals surface area contributed by atoms with Gasteiger partial charge in [-0.2, -0.15) is 0 Å².